The van der Waals surface area contributed by atoms with E-state index in [1.165, 1.54) is 7.11 Å². The third kappa shape index (κ3) is 22.1. The highest BCUT2D eigenvalue weighted by Crippen LogP contribution is 2.18. The summed E-state index contributed by atoms with van der Waals surface area (Å²) in [5, 5.41) is 11.4. The Morgan fingerprint density at radius 3 is 2.10 bits per heavy atom. The van der Waals surface area contributed by atoms with Crippen molar-refractivity contribution in [1.29, 1.82) is 5.26 Å². The molecule has 0 bridgehead atoms. The minimum atomic E-state index is -0.561. The zero-order valence-electron chi connectivity index (χ0n) is 32.2. The van der Waals surface area contributed by atoms with E-state index < -0.39 is 17.7 Å². The number of carbonyl (C=O) groups is 4. The molecule has 1 amide bonds. The number of esters is 1. The molecular weight excluding hydrogens is 618 g/mol. The van der Waals surface area contributed by atoms with Gasteiger partial charge in [-0.25, -0.2) is 9.59 Å². The van der Waals surface area contributed by atoms with Gasteiger partial charge in [0.25, 0.3) is 0 Å². The van der Waals surface area contributed by atoms with Crippen LogP contribution >= 0.6 is 0 Å². The molecule has 2 unspecified atom stereocenters. The highest BCUT2D eigenvalue weighted by atomic mass is 16.6. The second-order valence-corrected chi connectivity index (χ2v) is 13.3. The first kappa shape index (κ1) is 46.8. The SMILES string of the molecule is CC.CC(C)(C)OC(=O)NC(C=O)C(C)(C)C.CCCN(C)C(C)C(C)=O.COC(=O)c1ccc(C/C=C\C2=CC=C(C#N)C=CC2)cc1. The molecule has 1 aromatic rings. The van der Waals surface area contributed by atoms with E-state index >= 15 is 0 Å². The van der Waals surface area contributed by atoms with Gasteiger partial charge in [0.2, 0.25) is 0 Å². The van der Waals surface area contributed by atoms with Crippen molar-refractivity contribution in [2.45, 2.75) is 113 Å². The lowest BCUT2D eigenvalue weighted by Crippen LogP contribution is -2.46. The Morgan fingerprint density at radius 1 is 1.06 bits per heavy atom. The number of Topliss-reactive ketones (excluding diaryl/α,β-unsaturated/α-hetero) is 1. The molecule has 0 aromatic heterocycles. The van der Waals surface area contributed by atoms with Crippen LogP contribution in [-0.4, -0.2) is 67.4 Å². The number of ketones is 1. The summed E-state index contributed by atoms with van der Waals surface area (Å²) in [5.41, 5.74) is 2.66. The number of ether oxygens (including phenoxy) is 2. The Kier molecular flexibility index (Phi) is 23.7. The maximum atomic E-state index is 11.4. The quantitative estimate of drug-likeness (QED) is 0.193. The lowest BCUT2D eigenvalue weighted by molar-refractivity contribution is -0.121. The van der Waals surface area contributed by atoms with E-state index in [0.29, 0.717) is 11.1 Å². The first-order valence-electron chi connectivity index (χ1n) is 16.8. The molecule has 1 aliphatic carbocycles. The van der Waals surface area contributed by atoms with Crippen molar-refractivity contribution < 1.29 is 28.7 Å². The number of rotatable bonds is 10. The van der Waals surface area contributed by atoms with Crippen molar-refractivity contribution >= 4 is 24.1 Å². The van der Waals surface area contributed by atoms with Gasteiger partial charge in [0.1, 0.15) is 17.7 Å². The third-order valence-corrected chi connectivity index (χ3v) is 6.88. The number of nitrogens with zero attached hydrogens (tertiary/aromatic N) is 2. The van der Waals surface area contributed by atoms with E-state index in [2.05, 4.69) is 40.1 Å². The van der Waals surface area contributed by atoms with Crippen molar-refractivity contribution in [3.8, 4) is 6.07 Å². The number of alkyl carbamates (subject to hydrolysis) is 1. The third-order valence-electron chi connectivity index (χ3n) is 6.88. The number of nitriles is 1. The molecule has 272 valence electrons. The van der Waals surface area contributed by atoms with Crippen LogP contribution in [0.15, 0.2) is 71.9 Å². The largest absolute Gasteiger partial charge is 0.465 e. The lowest BCUT2D eigenvalue weighted by Gasteiger charge is -2.28. The summed E-state index contributed by atoms with van der Waals surface area (Å²) in [7, 11) is 3.36. The number of amides is 1. The van der Waals surface area contributed by atoms with Gasteiger partial charge in [-0.05, 0) is 108 Å². The van der Waals surface area contributed by atoms with Gasteiger partial charge in [0.05, 0.1) is 36.4 Å². The van der Waals surface area contributed by atoms with Crippen LogP contribution in [0.2, 0.25) is 0 Å². The predicted molar refractivity (Wildman–Crippen MR) is 199 cm³/mol. The zero-order chi connectivity index (χ0) is 38.2. The molecule has 1 aliphatic rings. The van der Waals surface area contributed by atoms with Gasteiger partial charge in [-0.15, -0.1) is 0 Å². The smallest absolute Gasteiger partial charge is 0.408 e. The van der Waals surface area contributed by atoms with Gasteiger partial charge >= 0.3 is 12.1 Å². The van der Waals surface area contributed by atoms with Crippen LogP contribution in [0.25, 0.3) is 0 Å². The minimum absolute atomic E-state index is 0.0833. The molecule has 2 atom stereocenters. The molecule has 0 radical (unpaired) electrons. The van der Waals surface area contributed by atoms with Crippen molar-refractivity contribution in [3.63, 3.8) is 0 Å². The van der Waals surface area contributed by atoms with Crippen LogP contribution in [0.1, 0.15) is 105 Å². The van der Waals surface area contributed by atoms with Gasteiger partial charge in [-0.3, -0.25) is 9.69 Å². The first-order chi connectivity index (χ1) is 22.9. The van der Waals surface area contributed by atoms with Crippen molar-refractivity contribution in [1.82, 2.24) is 10.2 Å². The Hall–Kier alpha value is -4.29. The second-order valence-electron chi connectivity index (χ2n) is 13.3. The molecular formula is C40H61N3O6. The van der Waals surface area contributed by atoms with Crippen LogP contribution in [0.4, 0.5) is 4.79 Å². The molecule has 0 heterocycles. The molecule has 0 aliphatic heterocycles. The van der Waals surface area contributed by atoms with Gasteiger partial charge in [-0.2, -0.15) is 5.26 Å². The van der Waals surface area contributed by atoms with Gasteiger partial charge in [-0.1, -0.05) is 78.0 Å². The number of likely N-dealkylation sites (N-methyl/N-ethyl adjacent to an activating group) is 1. The number of benzene rings is 1. The maximum Gasteiger partial charge on any atom is 0.408 e. The van der Waals surface area contributed by atoms with Gasteiger partial charge < -0.3 is 19.6 Å². The number of hydrogen-bond donors (Lipinski definition) is 1. The summed E-state index contributed by atoms with van der Waals surface area (Å²) in [6.07, 6.45) is 14.6. The standard InChI is InChI=1S/C19H17NO2.C11H21NO3.C8H17NO.C2H6/c1-22-19(21)18-12-10-16(11-13-18)6-2-4-15-5-3-7-17(14-20)9-8-15;1-10(2,3)8(7-13)12-9(14)15-11(4,5)6;1-5-6-9(4)7(2)8(3)10;1-2/h2-4,7-13H,5-6H2,1H3;7-8H,1-6H3,(H,12,14);7H,5-6H2,1-4H3;1-2H3/b4-2-;;;. The van der Waals surface area contributed by atoms with E-state index in [4.69, 9.17) is 10.00 Å². The van der Waals surface area contributed by atoms with E-state index in [0.717, 1.165) is 43.2 Å². The topological polar surface area (TPSA) is 126 Å². The number of allylic oxidation sites excluding steroid dienone is 8. The highest BCUT2D eigenvalue weighted by Gasteiger charge is 2.27. The van der Waals surface area contributed by atoms with Crippen molar-refractivity contribution in [2.75, 3.05) is 20.7 Å². The van der Waals surface area contributed by atoms with Crippen LogP contribution in [-0.2, 0) is 25.5 Å². The fourth-order valence-electron chi connectivity index (χ4n) is 3.83. The summed E-state index contributed by atoms with van der Waals surface area (Å²) in [6.45, 7) is 21.7. The van der Waals surface area contributed by atoms with E-state index in [1.807, 2.05) is 85.0 Å². The van der Waals surface area contributed by atoms with Crippen LogP contribution in [0, 0.1) is 16.7 Å². The Morgan fingerprint density at radius 2 is 1.65 bits per heavy atom. The molecule has 1 N–H and O–H groups in total. The average Bonchev–Trinajstić information content (AvgIpc) is 3.28. The number of aldehydes is 1. The zero-order valence-corrected chi connectivity index (χ0v) is 32.2. The average molecular weight is 680 g/mol. The number of nitrogens with one attached hydrogen (secondary N) is 1. The molecule has 0 saturated carbocycles. The molecule has 0 spiro atoms. The summed E-state index contributed by atoms with van der Waals surface area (Å²) >= 11 is 0. The summed E-state index contributed by atoms with van der Waals surface area (Å²) < 4.78 is 9.73. The molecule has 0 fully saturated rings. The number of methoxy groups -OCH3 is 1. The summed E-state index contributed by atoms with van der Waals surface area (Å²) in [6, 6.07) is 9.06. The number of carbonyl (C=O) groups excluding carboxylic acids is 4. The monoisotopic (exact) mass is 679 g/mol. The molecule has 9 heteroatoms. The maximum absolute atomic E-state index is 11.4. The summed E-state index contributed by atoms with van der Waals surface area (Å²) in [5.74, 6) is -0.0754. The van der Waals surface area contributed by atoms with Crippen LogP contribution in [0.5, 0.6) is 0 Å². The molecule has 49 heavy (non-hydrogen) atoms. The predicted octanol–water partition coefficient (Wildman–Crippen LogP) is 8.36. The van der Waals surface area contributed by atoms with Crippen molar-refractivity contribution in [3.05, 3.63) is 83.0 Å². The fourth-order valence-corrected chi connectivity index (χ4v) is 3.83. The first-order valence-corrected chi connectivity index (χ1v) is 16.8. The Bertz CT molecular complexity index is 1320. The molecule has 9 nitrogen and oxygen atoms in total. The highest BCUT2D eigenvalue weighted by molar-refractivity contribution is 5.89. The second kappa shape index (κ2) is 24.8. The normalized spacial score (nSPS) is 13.6. The molecule has 1 aromatic carbocycles. The van der Waals surface area contributed by atoms with Crippen LogP contribution in [0.3, 0.4) is 0 Å². The summed E-state index contributed by atoms with van der Waals surface area (Å²) in [4.78, 5) is 46.4. The molecule has 0 saturated heterocycles. The lowest BCUT2D eigenvalue weighted by atomic mass is 9.88. The Balaban J connectivity index is 0. The van der Waals surface area contributed by atoms with Crippen molar-refractivity contribution in [2.24, 2.45) is 5.41 Å². The van der Waals surface area contributed by atoms with E-state index in [1.54, 1.807) is 39.8 Å². The number of hydrogen-bond acceptors (Lipinski definition) is 8. The minimum Gasteiger partial charge on any atom is -0.465 e. The Labute approximate surface area is 296 Å². The van der Waals surface area contributed by atoms with E-state index in [-0.39, 0.29) is 23.2 Å². The molecule has 2 rings (SSSR count). The van der Waals surface area contributed by atoms with E-state index in [9.17, 15) is 19.2 Å². The van der Waals surface area contributed by atoms with Gasteiger partial charge in [0, 0.05) is 0 Å². The van der Waals surface area contributed by atoms with Gasteiger partial charge in [0.15, 0.2) is 0 Å². The van der Waals surface area contributed by atoms with Crippen LogP contribution < -0.4 is 5.32 Å². The fraction of sp³-hybridized carbons (Fsp3) is 0.525.